The first-order chi connectivity index (χ1) is 24.7. The predicted molar refractivity (Wildman–Crippen MR) is 220 cm³/mol. The number of carbonyl (C=O) groups is 1. The van der Waals surface area contributed by atoms with Crippen LogP contribution in [-0.4, -0.2) is 34.9 Å². The van der Waals surface area contributed by atoms with Crippen LogP contribution in [0.3, 0.4) is 0 Å². The monoisotopic (exact) mass is 692 g/mol. The molecular formula is C46H77NO3. The van der Waals surface area contributed by atoms with Crippen molar-refractivity contribution in [3.05, 3.63) is 97.2 Å². The molecule has 1 amide bonds. The van der Waals surface area contributed by atoms with Gasteiger partial charge in [0.15, 0.2) is 0 Å². The van der Waals surface area contributed by atoms with E-state index in [1.54, 1.807) is 6.08 Å². The number of hydrogen-bond donors (Lipinski definition) is 3. The summed E-state index contributed by atoms with van der Waals surface area (Å²) in [6.45, 7) is 4.14. The summed E-state index contributed by atoms with van der Waals surface area (Å²) in [5.41, 5.74) is 0. The molecule has 0 aromatic rings. The second kappa shape index (κ2) is 40.7. The number of rotatable bonds is 35. The number of hydrogen-bond acceptors (Lipinski definition) is 3. The SMILES string of the molecule is CC/C=C\C/C=C\C/C=C\C/C=C\C/C=C\C/C=C\CCCCCCCCC(=O)NC(CO)C(O)/C=C/CC/C=C/CCCCCCCCC. The van der Waals surface area contributed by atoms with E-state index in [2.05, 4.69) is 104 Å². The number of aliphatic hydroxyl groups is 2. The van der Waals surface area contributed by atoms with Gasteiger partial charge in [-0.3, -0.25) is 4.79 Å². The minimum absolute atomic E-state index is 0.0950. The molecule has 0 heterocycles. The largest absolute Gasteiger partial charge is 0.394 e. The standard InChI is InChI=1S/C46H77NO3/c1-3-5-7-9-11-13-15-17-18-19-20-21-22-23-24-25-26-27-28-30-32-34-36-38-40-42-46(50)47-44(43-48)45(49)41-39-37-35-33-31-29-16-14-12-10-8-6-4-2/h5,7,11,13,17-18,20-21,23-24,26-27,31,33,39,41,44-45,48-49H,3-4,6,8-10,12,14-16,19,22,25,28-30,32,34-38,40,42-43H2,1-2H3,(H,47,50)/b7-5-,13-11-,18-17-,21-20-,24-23-,27-26-,33-31+,41-39+. The number of unbranched alkanes of at least 4 members (excludes halogenated alkanes) is 14. The van der Waals surface area contributed by atoms with Crippen LogP contribution in [-0.2, 0) is 4.79 Å². The van der Waals surface area contributed by atoms with Gasteiger partial charge in [-0.2, -0.15) is 0 Å². The van der Waals surface area contributed by atoms with Crippen molar-refractivity contribution in [2.45, 2.75) is 180 Å². The molecular weight excluding hydrogens is 615 g/mol. The lowest BCUT2D eigenvalue weighted by Crippen LogP contribution is -2.45. The van der Waals surface area contributed by atoms with Crippen molar-refractivity contribution in [2.24, 2.45) is 0 Å². The Kier molecular flexibility index (Phi) is 38.5. The minimum Gasteiger partial charge on any atom is -0.394 e. The first-order valence-corrected chi connectivity index (χ1v) is 20.5. The minimum atomic E-state index is -0.873. The Hall–Kier alpha value is -2.69. The van der Waals surface area contributed by atoms with E-state index in [4.69, 9.17) is 0 Å². The average Bonchev–Trinajstić information content (AvgIpc) is 3.12. The first kappa shape index (κ1) is 47.3. The van der Waals surface area contributed by atoms with Crippen molar-refractivity contribution < 1.29 is 15.0 Å². The summed E-state index contributed by atoms with van der Waals surface area (Å²) in [5, 5.41) is 22.9. The number of allylic oxidation sites excluding steroid dienone is 15. The average molecular weight is 692 g/mol. The maximum absolute atomic E-state index is 12.3. The number of nitrogens with one attached hydrogen (secondary N) is 1. The fourth-order valence-corrected chi connectivity index (χ4v) is 5.43. The summed E-state index contributed by atoms with van der Waals surface area (Å²) < 4.78 is 0. The number of amides is 1. The van der Waals surface area contributed by atoms with Crippen LogP contribution in [0.2, 0.25) is 0 Å². The molecule has 4 nitrogen and oxygen atoms in total. The summed E-state index contributed by atoms with van der Waals surface area (Å²) in [6, 6.07) is -0.652. The molecule has 0 spiro atoms. The van der Waals surface area contributed by atoms with Crippen molar-refractivity contribution in [3.63, 3.8) is 0 Å². The number of carbonyl (C=O) groups excluding carboxylic acids is 1. The van der Waals surface area contributed by atoms with E-state index < -0.39 is 12.1 Å². The second-order valence-corrected chi connectivity index (χ2v) is 13.3. The third-order valence-corrected chi connectivity index (χ3v) is 8.55. The van der Waals surface area contributed by atoms with E-state index in [1.165, 1.54) is 64.2 Å². The van der Waals surface area contributed by atoms with E-state index in [1.807, 2.05) is 6.08 Å². The van der Waals surface area contributed by atoms with Gasteiger partial charge in [0, 0.05) is 6.42 Å². The Bertz CT molecular complexity index is 968. The molecule has 50 heavy (non-hydrogen) atoms. The molecule has 0 saturated carbocycles. The molecule has 0 aliphatic heterocycles. The third kappa shape index (κ3) is 36.6. The second-order valence-electron chi connectivity index (χ2n) is 13.3. The summed E-state index contributed by atoms with van der Waals surface area (Å²) in [4.78, 5) is 12.3. The fourth-order valence-electron chi connectivity index (χ4n) is 5.43. The summed E-state index contributed by atoms with van der Waals surface area (Å²) in [7, 11) is 0. The fraction of sp³-hybridized carbons (Fsp3) is 0.630. The van der Waals surface area contributed by atoms with E-state index in [-0.39, 0.29) is 12.5 Å². The molecule has 0 rings (SSSR count). The van der Waals surface area contributed by atoms with Crippen molar-refractivity contribution in [1.82, 2.24) is 5.32 Å². The van der Waals surface area contributed by atoms with E-state index in [0.29, 0.717) is 6.42 Å². The Morgan fingerprint density at radius 3 is 1.40 bits per heavy atom. The van der Waals surface area contributed by atoms with E-state index >= 15 is 0 Å². The highest BCUT2D eigenvalue weighted by Crippen LogP contribution is 2.11. The normalized spacial score (nSPS) is 14.1. The molecule has 4 heteroatoms. The van der Waals surface area contributed by atoms with Crippen molar-refractivity contribution in [1.29, 1.82) is 0 Å². The molecule has 0 aliphatic rings. The Morgan fingerprint density at radius 1 is 0.500 bits per heavy atom. The highest BCUT2D eigenvalue weighted by molar-refractivity contribution is 5.76. The van der Waals surface area contributed by atoms with Crippen LogP contribution < -0.4 is 5.32 Å². The van der Waals surface area contributed by atoms with Gasteiger partial charge in [-0.05, 0) is 83.5 Å². The molecule has 0 bridgehead atoms. The maximum atomic E-state index is 12.3. The zero-order chi connectivity index (χ0) is 36.4. The van der Waals surface area contributed by atoms with Gasteiger partial charge in [0.05, 0.1) is 18.8 Å². The van der Waals surface area contributed by atoms with E-state index in [0.717, 1.165) is 83.5 Å². The van der Waals surface area contributed by atoms with Crippen molar-refractivity contribution in [3.8, 4) is 0 Å². The van der Waals surface area contributed by atoms with Crippen LogP contribution in [0.4, 0.5) is 0 Å². The lowest BCUT2D eigenvalue weighted by molar-refractivity contribution is -0.123. The highest BCUT2D eigenvalue weighted by atomic mass is 16.3. The molecule has 0 aromatic heterocycles. The lowest BCUT2D eigenvalue weighted by atomic mass is 10.1. The highest BCUT2D eigenvalue weighted by Gasteiger charge is 2.17. The summed E-state index contributed by atoms with van der Waals surface area (Å²) in [6.07, 6.45) is 60.7. The predicted octanol–water partition coefficient (Wildman–Crippen LogP) is 12.7. The Balaban J connectivity index is 3.72. The van der Waals surface area contributed by atoms with Crippen LogP contribution in [0.25, 0.3) is 0 Å². The molecule has 0 radical (unpaired) electrons. The molecule has 0 aromatic carbocycles. The zero-order valence-corrected chi connectivity index (χ0v) is 32.4. The third-order valence-electron chi connectivity index (χ3n) is 8.55. The van der Waals surface area contributed by atoms with Crippen LogP contribution >= 0.6 is 0 Å². The Morgan fingerprint density at radius 2 is 0.900 bits per heavy atom. The summed E-state index contributed by atoms with van der Waals surface area (Å²) in [5.74, 6) is -0.0950. The zero-order valence-electron chi connectivity index (χ0n) is 32.4. The smallest absolute Gasteiger partial charge is 0.220 e. The van der Waals surface area contributed by atoms with Gasteiger partial charge in [0.1, 0.15) is 0 Å². The van der Waals surface area contributed by atoms with Crippen molar-refractivity contribution >= 4 is 5.91 Å². The van der Waals surface area contributed by atoms with Gasteiger partial charge in [0.25, 0.3) is 0 Å². The molecule has 0 aliphatic carbocycles. The lowest BCUT2D eigenvalue weighted by Gasteiger charge is -2.19. The molecule has 284 valence electrons. The topological polar surface area (TPSA) is 69.6 Å². The van der Waals surface area contributed by atoms with Crippen LogP contribution in [0.1, 0.15) is 168 Å². The van der Waals surface area contributed by atoms with Gasteiger partial charge in [-0.15, -0.1) is 0 Å². The van der Waals surface area contributed by atoms with Gasteiger partial charge < -0.3 is 15.5 Å². The molecule has 2 atom stereocenters. The van der Waals surface area contributed by atoms with Gasteiger partial charge in [0.2, 0.25) is 5.91 Å². The molecule has 0 saturated heterocycles. The van der Waals surface area contributed by atoms with Gasteiger partial charge in [-0.1, -0.05) is 175 Å². The van der Waals surface area contributed by atoms with Crippen LogP contribution in [0, 0.1) is 0 Å². The molecule has 2 unspecified atom stereocenters. The van der Waals surface area contributed by atoms with E-state index in [9.17, 15) is 15.0 Å². The van der Waals surface area contributed by atoms with Crippen molar-refractivity contribution in [2.75, 3.05) is 6.61 Å². The Labute approximate surface area is 309 Å². The van der Waals surface area contributed by atoms with Crippen LogP contribution in [0.5, 0.6) is 0 Å². The first-order valence-electron chi connectivity index (χ1n) is 20.5. The molecule has 0 fully saturated rings. The van der Waals surface area contributed by atoms with Gasteiger partial charge >= 0.3 is 0 Å². The maximum Gasteiger partial charge on any atom is 0.220 e. The molecule has 3 N–H and O–H groups in total. The summed E-state index contributed by atoms with van der Waals surface area (Å²) >= 11 is 0. The quantitative estimate of drug-likeness (QED) is 0.0458. The van der Waals surface area contributed by atoms with Crippen LogP contribution in [0.15, 0.2) is 97.2 Å². The number of aliphatic hydroxyl groups excluding tert-OH is 2. The van der Waals surface area contributed by atoms with Gasteiger partial charge in [-0.25, -0.2) is 0 Å².